The van der Waals surface area contributed by atoms with Gasteiger partial charge in [-0.1, -0.05) is 25.7 Å². The minimum Gasteiger partial charge on any atom is -0.352 e. The minimum absolute atomic E-state index is 0.241. The maximum Gasteiger partial charge on any atom is 0.222 e. The molecule has 1 amide bonds. The SMILES string of the molecule is Cc1cc(-c2c(C3CC3)nc(N3CCN(C(=O)CCC4CCCC4)[C@H](C4CC4)C3)c(C#N)c2C)ccn1. The van der Waals surface area contributed by atoms with E-state index in [0.29, 0.717) is 29.7 Å². The normalized spacial score (nSPS) is 22.4. The van der Waals surface area contributed by atoms with E-state index in [0.717, 1.165) is 78.7 Å². The zero-order valence-electron chi connectivity index (χ0n) is 22.4. The Kier molecular flexibility index (Phi) is 6.65. The topological polar surface area (TPSA) is 73.1 Å². The Bertz CT molecular complexity index is 1220. The summed E-state index contributed by atoms with van der Waals surface area (Å²) in [4.78, 5) is 27.5. The summed E-state index contributed by atoms with van der Waals surface area (Å²) in [5.41, 5.74) is 6.04. The van der Waals surface area contributed by atoms with Gasteiger partial charge in [0.15, 0.2) is 0 Å². The van der Waals surface area contributed by atoms with E-state index in [1.807, 2.05) is 19.2 Å². The van der Waals surface area contributed by atoms with Crippen molar-refractivity contribution in [1.29, 1.82) is 5.26 Å². The molecule has 2 aromatic rings. The van der Waals surface area contributed by atoms with Gasteiger partial charge in [0.1, 0.15) is 11.9 Å². The Morgan fingerprint density at radius 2 is 1.89 bits per heavy atom. The summed E-state index contributed by atoms with van der Waals surface area (Å²) in [6.45, 7) is 6.37. The van der Waals surface area contributed by atoms with Gasteiger partial charge in [-0.3, -0.25) is 9.78 Å². The average molecular weight is 498 g/mol. The second-order valence-electron chi connectivity index (χ2n) is 11.9. The van der Waals surface area contributed by atoms with Crippen LogP contribution < -0.4 is 4.90 Å². The summed E-state index contributed by atoms with van der Waals surface area (Å²) in [6, 6.07) is 6.91. The Morgan fingerprint density at radius 1 is 1.11 bits per heavy atom. The summed E-state index contributed by atoms with van der Waals surface area (Å²) >= 11 is 0. The van der Waals surface area contributed by atoms with Crippen molar-refractivity contribution in [3.63, 3.8) is 0 Å². The summed E-state index contributed by atoms with van der Waals surface area (Å²) in [6.07, 6.45) is 13.6. The number of amides is 1. The van der Waals surface area contributed by atoms with Crippen LogP contribution >= 0.6 is 0 Å². The average Bonchev–Trinajstić information content (AvgIpc) is 3.85. The Labute approximate surface area is 221 Å². The number of aromatic nitrogens is 2. The van der Waals surface area contributed by atoms with Gasteiger partial charge in [0.2, 0.25) is 5.91 Å². The summed E-state index contributed by atoms with van der Waals surface area (Å²) in [5.74, 6) is 2.98. The zero-order valence-corrected chi connectivity index (χ0v) is 22.4. The predicted molar refractivity (Wildman–Crippen MR) is 145 cm³/mol. The van der Waals surface area contributed by atoms with E-state index in [-0.39, 0.29) is 6.04 Å². The lowest BCUT2D eigenvalue weighted by atomic mass is 9.93. The third-order valence-electron chi connectivity index (χ3n) is 9.16. The Morgan fingerprint density at radius 3 is 2.57 bits per heavy atom. The van der Waals surface area contributed by atoms with E-state index in [4.69, 9.17) is 4.98 Å². The molecule has 1 saturated heterocycles. The fourth-order valence-corrected chi connectivity index (χ4v) is 6.76. The molecule has 4 aliphatic rings. The van der Waals surface area contributed by atoms with Gasteiger partial charge in [-0.2, -0.15) is 5.26 Å². The van der Waals surface area contributed by atoms with Crippen LogP contribution in [0.4, 0.5) is 5.82 Å². The fraction of sp³-hybridized carbons (Fsp3) is 0.613. The molecule has 3 aliphatic carbocycles. The molecular formula is C31H39N5O. The minimum atomic E-state index is 0.241. The van der Waals surface area contributed by atoms with Crippen molar-refractivity contribution in [2.45, 2.75) is 90.0 Å². The van der Waals surface area contributed by atoms with Crippen LogP contribution in [0.15, 0.2) is 18.3 Å². The lowest BCUT2D eigenvalue weighted by Crippen LogP contribution is -2.56. The maximum atomic E-state index is 13.3. The van der Waals surface area contributed by atoms with E-state index in [2.05, 4.69) is 33.8 Å². The molecule has 1 aliphatic heterocycles. The van der Waals surface area contributed by atoms with Crippen LogP contribution in [-0.2, 0) is 4.79 Å². The number of nitriles is 1. The smallest absolute Gasteiger partial charge is 0.222 e. The van der Waals surface area contributed by atoms with E-state index in [1.54, 1.807) is 0 Å². The number of rotatable bonds is 7. The van der Waals surface area contributed by atoms with E-state index in [1.165, 1.54) is 38.5 Å². The summed E-state index contributed by atoms with van der Waals surface area (Å²) < 4.78 is 0. The van der Waals surface area contributed by atoms with Gasteiger partial charge in [-0.25, -0.2) is 4.98 Å². The van der Waals surface area contributed by atoms with Gasteiger partial charge in [0.05, 0.1) is 17.3 Å². The molecule has 0 N–H and O–H groups in total. The number of pyridine rings is 2. The second kappa shape index (κ2) is 10.1. The number of piperazine rings is 1. The monoisotopic (exact) mass is 497 g/mol. The van der Waals surface area contributed by atoms with Crippen LogP contribution in [0.3, 0.4) is 0 Å². The zero-order chi connectivity index (χ0) is 25.5. The summed E-state index contributed by atoms with van der Waals surface area (Å²) in [5, 5.41) is 10.3. The molecule has 0 bridgehead atoms. The maximum absolute atomic E-state index is 13.3. The molecule has 2 aromatic heterocycles. The molecule has 6 nitrogen and oxygen atoms in total. The molecule has 0 unspecified atom stereocenters. The molecule has 0 aromatic carbocycles. The third kappa shape index (κ3) is 4.98. The van der Waals surface area contributed by atoms with Gasteiger partial charge in [-0.15, -0.1) is 0 Å². The first-order valence-electron chi connectivity index (χ1n) is 14.5. The van der Waals surface area contributed by atoms with Gasteiger partial charge < -0.3 is 9.80 Å². The van der Waals surface area contributed by atoms with Crippen molar-refractivity contribution in [2.75, 3.05) is 24.5 Å². The number of anilines is 1. The third-order valence-corrected chi connectivity index (χ3v) is 9.16. The van der Waals surface area contributed by atoms with Crippen molar-refractivity contribution in [2.24, 2.45) is 11.8 Å². The standard InChI is InChI=1S/C31H39N5O/c1-20-17-25(13-14-33-20)29-21(2)26(18-32)31(34-30(29)24-10-11-24)35-15-16-36(27(19-35)23-8-9-23)28(37)12-7-22-5-3-4-6-22/h13-14,17,22-24,27H,3-12,15-16,19H2,1-2H3/t27-/m0/s1. The van der Waals surface area contributed by atoms with Crippen molar-refractivity contribution < 1.29 is 4.79 Å². The van der Waals surface area contributed by atoms with Gasteiger partial charge >= 0.3 is 0 Å². The largest absolute Gasteiger partial charge is 0.352 e. The lowest BCUT2D eigenvalue weighted by Gasteiger charge is -2.43. The van der Waals surface area contributed by atoms with Gasteiger partial charge in [0.25, 0.3) is 0 Å². The Hall–Kier alpha value is -2.94. The van der Waals surface area contributed by atoms with Crippen LogP contribution in [0.25, 0.3) is 11.1 Å². The van der Waals surface area contributed by atoms with Crippen molar-refractivity contribution in [3.05, 3.63) is 40.8 Å². The number of nitrogens with zero attached hydrogens (tertiary/aromatic N) is 5. The molecule has 1 atom stereocenters. The van der Waals surface area contributed by atoms with Crippen LogP contribution in [0.1, 0.15) is 92.6 Å². The van der Waals surface area contributed by atoms with Gasteiger partial charge in [-0.05, 0) is 81.0 Å². The van der Waals surface area contributed by atoms with Gasteiger partial charge in [0, 0.05) is 49.4 Å². The number of hydrogen-bond acceptors (Lipinski definition) is 5. The van der Waals surface area contributed by atoms with Crippen LogP contribution in [-0.4, -0.2) is 46.5 Å². The molecule has 3 heterocycles. The summed E-state index contributed by atoms with van der Waals surface area (Å²) in [7, 11) is 0. The van der Waals surface area contributed by atoms with Crippen molar-refractivity contribution in [1.82, 2.24) is 14.9 Å². The molecule has 4 fully saturated rings. The van der Waals surface area contributed by atoms with Crippen LogP contribution in [0.5, 0.6) is 0 Å². The van der Waals surface area contributed by atoms with Crippen molar-refractivity contribution in [3.8, 4) is 17.2 Å². The van der Waals surface area contributed by atoms with Crippen LogP contribution in [0.2, 0.25) is 0 Å². The van der Waals surface area contributed by atoms with E-state index >= 15 is 0 Å². The first-order chi connectivity index (χ1) is 18.0. The molecule has 6 rings (SSSR count). The Balaban J connectivity index is 1.28. The highest BCUT2D eigenvalue weighted by Crippen LogP contribution is 2.47. The number of carbonyl (C=O) groups excluding carboxylic acids is 1. The molecule has 194 valence electrons. The van der Waals surface area contributed by atoms with E-state index < -0.39 is 0 Å². The molecule has 0 radical (unpaired) electrons. The molecule has 0 spiro atoms. The molecular weight excluding hydrogens is 458 g/mol. The highest BCUT2D eigenvalue weighted by Gasteiger charge is 2.42. The quantitative estimate of drug-likeness (QED) is 0.476. The second-order valence-corrected chi connectivity index (χ2v) is 11.9. The first-order valence-corrected chi connectivity index (χ1v) is 14.5. The van der Waals surface area contributed by atoms with Crippen LogP contribution in [0, 0.1) is 37.0 Å². The van der Waals surface area contributed by atoms with E-state index in [9.17, 15) is 10.1 Å². The fourth-order valence-electron chi connectivity index (χ4n) is 6.76. The lowest BCUT2D eigenvalue weighted by molar-refractivity contribution is -0.134. The highest BCUT2D eigenvalue weighted by atomic mass is 16.2. The number of hydrogen-bond donors (Lipinski definition) is 0. The predicted octanol–water partition coefficient (Wildman–Crippen LogP) is 5.91. The molecule has 3 saturated carbocycles. The van der Waals surface area contributed by atoms with Crippen molar-refractivity contribution >= 4 is 11.7 Å². The first kappa shape index (κ1) is 24.4. The molecule has 37 heavy (non-hydrogen) atoms. The highest BCUT2D eigenvalue weighted by molar-refractivity contribution is 5.78. The molecule has 6 heteroatoms. The number of carbonyl (C=O) groups is 1. The number of aryl methyl sites for hydroxylation is 1.